The molecule has 1 aromatic heterocycles. The van der Waals surface area contributed by atoms with Crippen LogP contribution in [0, 0.1) is 0 Å². The zero-order chi connectivity index (χ0) is 13.9. The standard InChI is InChI=1S/C16H18BrN3/c1-2-14-13-10-18-8-7-15(13)20-16(19-14)9-11-3-5-12(17)6-4-11/h3-6,18H,2,7-10H2,1H3. The van der Waals surface area contributed by atoms with E-state index in [0.29, 0.717) is 0 Å². The van der Waals surface area contributed by atoms with Crippen molar-refractivity contribution in [1.29, 1.82) is 0 Å². The largest absolute Gasteiger partial charge is 0.312 e. The molecule has 2 heterocycles. The first kappa shape index (κ1) is 13.7. The van der Waals surface area contributed by atoms with Crippen LogP contribution in [0.4, 0.5) is 0 Å². The molecule has 0 amide bonds. The summed E-state index contributed by atoms with van der Waals surface area (Å²) in [5, 5.41) is 3.41. The second-order valence-electron chi connectivity index (χ2n) is 5.10. The Hall–Kier alpha value is -1.26. The monoisotopic (exact) mass is 331 g/mol. The first-order valence-electron chi connectivity index (χ1n) is 7.09. The predicted octanol–water partition coefficient (Wildman–Crippen LogP) is 3.04. The van der Waals surface area contributed by atoms with Crippen LogP contribution in [-0.4, -0.2) is 16.5 Å². The smallest absolute Gasteiger partial charge is 0.133 e. The highest BCUT2D eigenvalue weighted by molar-refractivity contribution is 9.10. The maximum absolute atomic E-state index is 4.78. The van der Waals surface area contributed by atoms with Crippen LogP contribution in [0.5, 0.6) is 0 Å². The van der Waals surface area contributed by atoms with E-state index in [1.165, 1.54) is 22.5 Å². The van der Waals surface area contributed by atoms with E-state index in [1.807, 2.05) is 0 Å². The number of aromatic nitrogens is 2. The third kappa shape index (κ3) is 2.91. The fourth-order valence-electron chi connectivity index (χ4n) is 2.63. The summed E-state index contributed by atoms with van der Waals surface area (Å²) in [5.41, 5.74) is 5.01. The molecule has 0 radical (unpaired) electrons. The van der Waals surface area contributed by atoms with Gasteiger partial charge < -0.3 is 5.32 Å². The zero-order valence-corrected chi connectivity index (χ0v) is 13.2. The molecule has 1 N–H and O–H groups in total. The highest BCUT2D eigenvalue weighted by Gasteiger charge is 2.16. The number of aryl methyl sites for hydroxylation is 1. The van der Waals surface area contributed by atoms with E-state index in [1.54, 1.807) is 0 Å². The summed E-state index contributed by atoms with van der Waals surface area (Å²) in [6, 6.07) is 8.39. The lowest BCUT2D eigenvalue weighted by molar-refractivity contribution is 0.611. The SMILES string of the molecule is CCc1nc(Cc2ccc(Br)cc2)nc2c1CNCC2. The molecule has 0 aliphatic carbocycles. The normalized spacial score (nSPS) is 14.1. The van der Waals surface area contributed by atoms with Gasteiger partial charge in [-0.15, -0.1) is 0 Å². The summed E-state index contributed by atoms with van der Waals surface area (Å²) in [4.78, 5) is 9.54. The minimum absolute atomic E-state index is 0.807. The molecule has 3 rings (SSSR count). The fraction of sp³-hybridized carbons (Fsp3) is 0.375. The van der Waals surface area contributed by atoms with Gasteiger partial charge in [-0.05, 0) is 24.1 Å². The van der Waals surface area contributed by atoms with Gasteiger partial charge in [-0.1, -0.05) is 35.0 Å². The summed E-state index contributed by atoms with van der Waals surface area (Å²) in [5.74, 6) is 0.949. The van der Waals surface area contributed by atoms with Crippen molar-refractivity contribution in [2.45, 2.75) is 32.7 Å². The van der Waals surface area contributed by atoms with E-state index in [0.717, 1.165) is 42.6 Å². The quantitative estimate of drug-likeness (QED) is 0.939. The molecule has 1 aliphatic heterocycles. The first-order valence-corrected chi connectivity index (χ1v) is 7.88. The Balaban J connectivity index is 1.91. The lowest BCUT2D eigenvalue weighted by Crippen LogP contribution is -2.27. The van der Waals surface area contributed by atoms with Gasteiger partial charge in [-0.25, -0.2) is 9.97 Å². The maximum Gasteiger partial charge on any atom is 0.133 e. The lowest BCUT2D eigenvalue weighted by Gasteiger charge is -2.19. The van der Waals surface area contributed by atoms with Gasteiger partial charge in [0.05, 0.1) is 5.69 Å². The molecule has 0 atom stereocenters. The summed E-state index contributed by atoms with van der Waals surface area (Å²) < 4.78 is 1.10. The molecule has 3 nitrogen and oxygen atoms in total. The molecule has 0 spiro atoms. The van der Waals surface area contributed by atoms with Crippen LogP contribution < -0.4 is 5.32 Å². The lowest BCUT2D eigenvalue weighted by atomic mass is 10.0. The first-order chi connectivity index (χ1) is 9.76. The molecular weight excluding hydrogens is 314 g/mol. The van der Waals surface area contributed by atoms with E-state index in [-0.39, 0.29) is 0 Å². The summed E-state index contributed by atoms with van der Waals surface area (Å²) >= 11 is 3.46. The Morgan fingerprint density at radius 1 is 1.20 bits per heavy atom. The number of halogens is 1. The van der Waals surface area contributed by atoms with Crippen LogP contribution in [0.1, 0.15) is 35.3 Å². The van der Waals surface area contributed by atoms with Crippen molar-refractivity contribution in [1.82, 2.24) is 15.3 Å². The number of hydrogen-bond donors (Lipinski definition) is 1. The predicted molar refractivity (Wildman–Crippen MR) is 83.8 cm³/mol. The van der Waals surface area contributed by atoms with E-state index >= 15 is 0 Å². The molecule has 0 saturated heterocycles. The highest BCUT2D eigenvalue weighted by Crippen LogP contribution is 2.18. The van der Waals surface area contributed by atoms with Crippen molar-refractivity contribution in [3.05, 3.63) is 57.1 Å². The average Bonchev–Trinajstić information content (AvgIpc) is 2.49. The molecule has 0 saturated carbocycles. The van der Waals surface area contributed by atoms with Gasteiger partial charge in [-0.3, -0.25) is 0 Å². The molecule has 20 heavy (non-hydrogen) atoms. The van der Waals surface area contributed by atoms with Crippen molar-refractivity contribution in [3.8, 4) is 0 Å². The minimum Gasteiger partial charge on any atom is -0.312 e. The molecule has 0 bridgehead atoms. The van der Waals surface area contributed by atoms with Crippen LogP contribution in [0.3, 0.4) is 0 Å². The van der Waals surface area contributed by atoms with Crippen molar-refractivity contribution in [2.75, 3.05) is 6.54 Å². The maximum atomic E-state index is 4.78. The Labute approximate surface area is 128 Å². The van der Waals surface area contributed by atoms with Gasteiger partial charge in [0.2, 0.25) is 0 Å². The Morgan fingerprint density at radius 3 is 2.75 bits per heavy atom. The third-order valence-corrected chi connectivity index (χ3v) is 4.20. The zero-order valence-electron chi connectivity index (χ0n) is 11.6. The van der Waals surface area contributed by atoms with Gasteiger partial charge in [0.25, 0.3) is 0 Å². The van der Waals surface area contributed by atoms with E-state index in [4.69, 9.17) is 9.97 Å². The molecule has 104 valence electrons. The van der Waals surface area contributed by atoms with Crippen LogP contribution in [0.25, 0.3) is 0 Å². The number of benzene rings is 1. The van der Waals surface area contributed by atoms with Gasteiger partial charge in [-0.2, -0.15) is 0 Å². The number of fused-ring (bicyclic) bond motifs is 1. The number of nitrogens with zero attached hydrogens (tertiary/aromatic N) is 2. The molecule has 0 fully saturated rings. The topological polar surface area (TPSA) is 37.8 Å². The Kier molecular flexibility index (Phi) is 4.13. The van der Waals surface area contributed by atoms with E-state index in [2.05, 4.69) is 52.4 Å². The second kappa shape index (κ2) is 6.02. The molecule has 0 unspecified atom stereocenters. The molecule has 1 aromatic carbocycles. The average molecular weight is 332 g/mol. The molecule has 4 heteroatoms. The van der Waals surface area contributed by atoms with Crippen LogP contribution in [0.2, 0.25) is 0 Å². The van der Waals surface area contributed by atoms with Gasteiger partial charge in [0, 0.05) is 41.7 Å². The fourth-order valence-corrected chi connectivity index (χ4v) is 2.89. The minimum atomic E-state index is 0.807. The summed E-state index contributed by atoms with van der Waals surface area (Å²) in [6.07, 6.45) is 2.79. The number of rotatable bonds is 3. The van der Waals surface area contributed by atoms with Gasteiger partial charge >= 0.3 is 0 Å². The van der Waals surface area contributed by atoms with Crippen molar-refractivity contribution in [2.24, 2.45) is 0 Å². The van der Waals surface area contributed by atoms with Crippen molar-refractivity contribution in [3.63, 3.8) is 0 Å². The van der Waals surface area contributed by atoms with Crippen LogP contribution in [0.15, 0.2) is 28.7 Å². The van der Waals surface area contributed by atoms with Crippen molar-refractivity contribution >= 4 is 15.9 Å². The molecule has 1 aliphatic rings. The van der Waals surface area contributed by atoms with Crippen LogP contribution >= 0.6 is 15.9 Å². The third-order valence-electron chi connectivity index (χ3n) is 3.68. The van der Waals surface area contributed by atoms with E-state index in [9.17, 15) is 0 Å². The van der Waals surface area contributed by atoms with E-state index < -0.39 is 0 Å². The summed E-state index contributed by atoms with van der Waals surface area (Å²) in [6.45, 7) is 4.10. The highest BCUT2D eigenvalue weighted by atomic mass is 79.9. The van der Waals surface area contributed by atoms with Crippen molar-refractivity contribution < 1.29 is 0 Å². The van der Waals surface area contributed by atoms with Crippen LogP contribution in [-0.2, 0) is 25.8 Å². The van der Waals surface area contributed by atoms with Gasteiger partial charge in [0.1, 0.15) is 5.82 Å². The molecule has 2 aromatic rings. The number of nitrogens with one attached hydrogen (secondary N) is 1. The number of hydrogen-bond acceptors (Lipinski definition) is 3. The Bertz CT molecular complexity index is 591. The second-order valence-corrected chi connectivity index (χ2v) is 6.01. The molecular formula is C16H18BrN3. The Morgan fingerprint density at radius 2 is 2.00 bits per heavy atom. The van der Waals surface area contributed by atoms with Gasteiger partial charge in [0.15, 0.2) is 0 Å². The summed E-state index contributed by atoms with van der Waals surface area (Å²) in [7, 11) is 0.